The Kier molecular flexibility index (Phi) is 4.00. The van der Waals surface area contributed by atoms with Gasteiger partial charge in [0.2, 0.25) is 5.78 Å². The number of aryl methyl sites for hydroxylation is 2. The summed E-state index contributed by atoms with van der Waals surface area (Å²) < 4.78 is 24.6. The van der Waals surface area contributed by atoms with Gasteiger partial charge in [0.05, 0.1) is 23.1 Å². The fourth-order valence-corrected chi connectivity index (χ4v) is 3.37. The second-order valence-corrected chi connectivity index (χ2v) is 8.13. The molecule has 3 aromatic rings. The first-order valence-electron chi connectivity index (χ1n) is 6.73. The first-order valence-corrected chi connectivity index (χ1v) is 9.42. The van der Waals surface area contributed by atoms with Gasteiger partial charge >= 0.3 is 0 Å². The predicted octanol–water partition coefficient (Wildman–Crippen LogP) is 3.47. The highest BCUT2D eigenvalue weighted by Gasteiger charge is 2.21. The molecule has 122 valence electrons. The third-order valence-corrected chi connectivity index (χ3v) is 4.98. The normalized spacial score (nSPS) is 11.6. The van der Waals surface area contributed by atoms with Crippen molar-refractivity contribution >= 4 is 37.1 Å². The fraction of sp³-hybridized carbons (Fsp3) is 0.133. The summed E-state index contributed by atoms with van der Waals surface area (Å²) >= 11 is 6.00. The number of nitrogens with zero attached hydrogens (tertiary/aromatic N) is 4. The van der Waals surface area contributed by atoms with E-state index in [1.807, 2.05) is 6.92 Å². The standard InChI is InChI=1S/C15H10Cl2N4O2S/c1-8-5-10(16)3-4-11(8)14-12(6-18)9(2)19-15-20-13(7-21(14)15)24(17,22)23/h3-5,7H,1-2H3. The van der Waals surface area contributed by atoms with Crippen LogP contribution in [0, 0.1) is 25.2 Å². The largest absolute Gasteiger partial charge is 0.281 e. The van der Waals surface area contributed by atoms with Gasteiger partial charge in [-0.1, -0.05) is 17.7 Å². The van der Waals surface area contributed by atoms with Gasteiger partial charge in [-0.25, -0.2) is 13.4 Å². The molecule has 2 heterocycles. The molecular formula is C15H10Cl2N4O2S. The Balaban J connectivity index is 2.48. The van der Waals surface area contributed by atoms with Crippen LogP contribution in [0.15, 0.2) is 29.4 Å². The highest BCUT2D eigenvalue weighted by atomic mass is 35.7. The Morgan fingerprint density at radius 3 is 2.54 bits per heavy atom. The quantitative estimate of drug-likeness (QED) is 0.635. The van der Waals surface area contributed by atoms with Gasteiger partial charge in [-0.3, -0.25) is 4.40 Å². The van der Waals surface area contributed by atoms with Crippen molar-refractivity contribution in [2.75, 3.05) is 0 Å². The van der Waals surface area contributed by atoms with Gasteiger partial charge in [0.15, 0.2) is 5.03 Å². The third-order valence-electron chi connectivity index (χ3n) is 3.58. The highest BCUT2D eigenvalue weighted by Crippen LogP contribution is 2.31. The summed E-state index contributed by atoms with van der Waals surface area (Å²) in [6, 6.07) is 7.34. The van der Waals surface area contributed by atoms with Crippen LogP contribution in [0.5, 0.6) is 0 Å². The molecule has 0 amide bonds. The van der Waals surface area contributed by atoms with Crippen LogP contribution >= 0.6 is 22.3 Å². The van der Waals surface area contributed by atoms with Crippen LogP contribution in [0.25, 0.3) is 17.0 Å². The van der Waals surface area contributed by atoms with Crippen LogP contribution in [0.1, 0.15) is 16.8 Å². The van der Waals surface area contributed by atoms with Crippen molar-refractivity contribution in [2.24, 2.45) is 0 Å². The molecule has 0 bridgehead atoms. The molecule has 0 aliphatic rings. The van der Waals surface area contributed by atoms with E-state index in [1.165, 1.54) is 10.6 Å². The maximum Gasteiger partial charge on any atom is 0.280 e. The molecule has 0 unspecified atom stereocenters. The van der Waals surface area contributed by atoms with E-state index in [4.69, 9.17) is 22.3 Å². The van der Waals surface area contributed by atoms with Gasteiger partial charge in [0, 0.05) is 21.3 Å². The van der Waals surface area contributed by atoms with Crippen molar-refractivity contribution in [3.8, 4) is 17.3 Å². The van der Waals surface area contributed by atoms with Crippen molar-refractivity contribution in [1.29, 1.82) is 5.26 Å². The fourth-order valence-electron chi connectivity index (χ4n) is 2.50. The molecule has 6 nitrogen and oxygen atoms in total. The Hall–Kier alpha value is -2.14. The monoisotopic (exact) mass is 380 g/mol. The molecule has 0 aliphatic carbocycles. The summed E-state index contributed by atoms with van der Waals surface area (Å²) in [7, 11) is 1.36. The number of imidazole rings is 1. The summed E-state index contributed by atoms with van der Waals surface area (Å²) in [4.78, 5) is 8.14. The van der Waals surface area contributed by atoms with E-state index in [0.29, 0.717) is 22.0 Å². The zero-order valence-electron chi connectivity index (χ0n) is 12.6. The van der Waals surface area contributed by atoms with Gasteiger partial charge in [-0.05, 0) is 31.5 Å². The second-order valence-electron chi connectivity index (χ2n) is 5.18. The lowest BCUT2D eigenvalue weighted by atomic mass is 10.0. The van der Waals surface area contributed by atoms with E-state index < -0.39 is 9.05 Å². The minimum absolute atomic E-state index is 0.148. The Bertz CT molecular complexity index is 1130. The predicted molar refractivity (Wildman–Crippen MR) is 90.7 cm³/mol. The molecule has 0 atom stereocenters. The molecule has 2 aromatic heterocycles. The van der Waals surface area contributed by atoms with Crippen LogP contribution in [0.2, 0.25) is 5.02 Å². The lowest BCUT2D eigenvalue weighted by molar-refractivity contribution is 0.607. The SMILES string of the molecule is Cc1cc(Cl)ccc1-c1c(C#N)c(C)nc2nc(S(=O)(=O)Cl)cn12. The Morgan fingerprint density at radius 1 is 1.25 bits per heavy atom. The Labute approximate surface area is 147 Å². The number of nitriles is 1. The molecule has 0 saturated heterocycles. The van der Waals surface area contributed by atoms with Gasteiger partial charge in [-0.2, -0.15) is 10.2 Å². The molecule has 0 fully saturated rings. The topological polar surface area (TPSA) is 88.1 Å². The van der Waals surface area contributed by atoms with Crippen molar-refractivity contribution in [3.63, 3.8) is 0 Å². The molecular weight excluding hydrogens is 371 g/mol. The number of aromatic nitrogens is 3. The van der Waals surface area contributed by atoms with Crippen molar-refractivity contribution in [2.45, 2.75) is 18.9 Å². The maximum atomic E-state index is 11.6. The number of fused-ring (bicyclic) bond motifs is 1. The van der Waals surface area contributed by atoms with Crippen LogP contribution < -0.4 is 0 Å². The number of hydrogen-bond acceptors (Lipinski definition) is 5. The van der Waals surface area contributed by atoms with E-state index in [2.05, 4.69) is 16.0 Å². The minimum Gasteiger partial charge on any atom is -0.281 e. The molecule has 0 N–H and O–H groups in total. The van der Waals surface area contributed by atoms with Gasteiger partial charge in [0.25, 0.3) is 9.05 Å². The summed E-state index contributed by atoms with van der Waals surface area (Å²) in [6.07, 6.45) is 1.26. The third kappa shape index (κ3) is 2.73. The maximum absolute atomic E-state index is 11.6. The van der Waals surface area contributed by atoms with Gasteiger partial charge in [0.1, 0.15) is 6.07 Å². The van der Waals surface area contributed by atoms with Gasteiger partial charge < -0.3 is 0 Å². The van der Waals surface area contributed by atoms with E-state index in [9.17, 15) is 13.7 Å². The molecule has 1 aromatic carbocycles. The molecule has 0 aliphatic heterocycles. The second kappa shape index (κ2) is 5.74. The number of benzene rings is 1. The smallest absolute Gasteiger partial charge is 0.280 e. The zero-order valence-corrected chi connectivity index (χ0v) is 14.9. The molecule has 0 radical (unpaired) electrons. The van der Waals surface area contributed by atoms with Crippen molar-refractivity contribution in [3.05, 3.63) is 46.2 Å². The van der Waals surface area contributed by atoms with E-state index in [0.717, 1.165) is 11.1 Å². The zero-order chi connectivity index (χ0) is 17.6. The van der Waals surface area contributed by atoms with Crippen LogP contribution in [0.3, 0.4) is 0 Å². The molecule has 0 saturated carbocycles. The number of rotatable bonds is 2. The van der Waals surface area contributed by atoms with Crippen LogP contribution in [0.4, 0.5) is 0 Å². The van der Waals surface area contributed by atoms with Gasteiger partial charge in [-0.15, -0.1) is 0 Å². The highest BCUT2D eigenvalue weighted by molar-refractivity contribution is 8.13. The average molecular weight is 381 g/mol. The van der Waals surface area contributed by atoms with Crippen molar-refractivity contribution in [1.82, 2.24) is 14.4 Å². The number of hydrogen-bond donors (Lipinski definition) is 0. The van der Waals surface area contributed by atoms with E-state index in [-0.39, 0.29) is 10.8 Å². The van der Waals surface area contributed by atoms with E-state index in [1.54, 1.807) is 25.1 Å². The molecule has 24 heavy (non-hydrogen) atoms. The van der Waals surface area contributed by atoms with Crippen LogP contribution in [-0.2, 0) is 9.05 Å². The summed E-state index contributed by atoms with van der Waals surface area (Å²) in [5, 5.41) is 9.78. The summed E-state index contributed by atoms with van der Waals surface area (Å²) in [5.74, 6) is 0.148. The molecule has 0 spiro atoms. The molecule has 9 heteroatoms. The lowest BCUT2D eigenvalue weighted by Gasteiger charge is -2.12. The molecule has 3 rings (SSSR count). The van der Waals surface area contributed by atoms with E-state index >= 15 is 0 Å². The number of halogens is 2. The minimum atomic E-state index is -4.02. The van der Waals surface area contributed by atoms with Crippen LogP contribution in [-0.4, -0.2) is 22.8 Å². The average Bonchev–Trinajstić information content (AvgIpc) is 2.90. The summed E-state index contributed by atoms with van der Waals surface area (Å²) in [6.45, 7) is 3.51. The first kappa shape index (κ1) is 16.7. The first-order chi connectivity index (χ1) is 11.2. The lowest BCUT2D eigenvalue weighted by Crippen LogP contribution is -2.02. The summed E-state index contributed by atoms with van der Waals surface area (Å²) in [5.41, 5.74) is 2.81. The Morgan fingerprint density at radius 2 is 1.96 bits per heavy atom. The van der Waals surface area contributed by atoms with Crippen molar-refractivity contribution < 1.29 is 8.42 Å².